The van der Waals surface area contributed by atoms with Gasteiger partial charge in [0, 0.05) is 32.7 Å². The molecule has 1 aliphatic heterocycles. The van der Waals surface area contributed by atoms with Gasteiger partial charge in [-0.05, 0) is 29.8 Å². The van der Waals surface area contributed by atoms with Gasteiger partial charge < -0.3 is 10.2 Å². The third-order valence-electron chi connectivity index (χ3n) is 4.60. The molecular formula is C19H17Cl2F4N3O. The molecule has 1 saturated heterocycles. The Kier molecular flexibility index (Phi) is 6.55. The minimum atomic E-state index is -4.83. The lowest BCUT2D eigenvalue weighted by atomic mass is 10.1. The van der Waals surface area contributed by atoms with E-state index in [0.29, 0.717) is 48.8 Å². The van der Waals surface area contributed by atoms with E-state index in [2.05, 4.69) is 10.2 Å². The Hall–Kier alpha value is -2.03. The Bertz CT molecular complexity index is 900. The van der Waals surface area contributed by atoms with E-state index in [0.717, 1.165) is 17.7 Å². The Morgan fingerprint density at radius 3 is 2.34 bits per heavy atom. The fourth-order valence-electron chi connectivity index (χ4n) is 3.05. The number of rotatable bonds is 3. The van der Waals surface area contributed by atoms with Crippen LogP contribution in [0.15, 0.2) is 36.4 Å². The summed E-state index contributed by atoms with van der Waals surface area (Å²) in [4.78, 5) is 15.9. The maximum atomic E-state index is 14.1. The van der Waals surface area contributed by atoms with Crippen LogP contribution in [0.4, 0.5) is 28.0 Å². The maximum absolute atomic E-state index is 14.1. The number of amides is 2. The second-order valence-corrected chi connectivity index (χ2v) is 7.42. The monoisotopic (exact) mass is 449 g/mol. The van der Waals surface area contributed by atoms with Crippen molar-refractivity contribution < 1.29 is 22.4 Å². The number of anilines is 1. The summed E-state index contributed by atoms with van der Waals surface area (Å²) in [5.74, 6) is -1.49. The first-order valence-corrected chi connectivity index (χ1v) is 9.48. The molecule has 0 saturated carbocycles. The predicted molar refractivity (Wildman–Crippen MR) is 104 cm³/mol. The molecule has 0 bridgehead atoms. The van der Waals surface area contributed by atoms with Gasteiger partial charge in [0.1, 0.15) is 0 Å². The topological polar surface area (TPSA) is 35.6 Å². The van der Waals surface area contributed by atoms with Gasteiger partial charge in [0.05, 0.1) is 21.3 Å². The number of hydrogen-bond donors (Lipinski definition) is 1. The number of carbonyl (C=O) groups excluding carboxylic acids is 1. The van der Waals surface area contributed by atoms with Crippen LogP contribution >= 0.6 is 23.2 Å². The predicted octanol–water partition coefficient (Wildman–Crippen LogP) is 5.50. The number of halogens is 6. The average molecular weight is 450 g/mol. The van der Waals surface area contributed by atoms with Crippen molar-refractivity contribution in [3.63, 3.8) is 0 Å². The third kappa shape index (κ3) is 5.32. The summed E-state index contributed by atoms with van der Waals surface area (Å²) in [6, 6.07) is 7.50. The Morgan fingerprint density at radius 1 is 1.03 bits per heavy atom. The molecule has 0 unspecified atom stereocenters. The van der Waals surface area contributed by atoms with Gasteiger partial charge in [-0.25, -0.2) is 9.18 Å². The van der Waals surface area contributed by atoms with Crippen LogP contribution < -0.4 is 5.32 Å². The highest BCUT2D eigenvalue weighted by Crippen LogP contribution is 2.34. The number of carbonyl (C=O) groups is 1. The number of nitrogens with one attached hydrogen (secondary N) is 1. The van der Waals surface area contributed by atoms with E-state index in [-0.39, 0.29) is 0 Å². The van der Waals surface area contributed by atoms with Crippen LogP contribution in [-0.4, -0.2) is 42.0 Å². The van der Waals surface area contributed by atoms with Crippen molar-refractivity contribution in [2.24, 2.45) is 0 Å². The summed E-state index contributed by atoms with van der Waals surface area (Å²) in [7, 11) is 0. The van der Waals surface area contributed by atoms with Gasteiger partial charge in [0.2, 0.25) is 0 Å². The van der Waals surface area contributed by atoms with Gasteiger partial charge in [-0.3, -0.25) is 4.90 Å². The van der Waals surface area contributed by atoms with E-state index in [1.54, 1.807) is 12.1 Å². The summed E-state index contributed by atoms with van der Waals surface area (Å²) in [5, 5.41) is 3.17. The van der Waals surface area contributed by atoms with Crippen LogP contribution in [0.3, 0.4) is 0 Å². The molecule has 0 aromatic heterocycles. The summed E-state index contributed by atoms with van der Waals surface area (Å²) >= 11 is 11.9. The normalized spacial score (nSPS) is 15.4. The SMILES string of the molecule is O=C(Nc1cccc(C(F)(F)F)c1F)N1CCN(Cc2ccc(Cl)c(Cl)c2)CC1. The fourth-order valence-corrected chi connectivity index (χ4v) is 3.37. The molecule has 0 radical (unpaired) electrons. The van der Waals surface area contributed by atoms with Gasteiger partial charge in [0.15, 0.2) is 5.82 Å². The molecule has 1 N–H and O–H groups in total. The summed E-state index contributed by atoms with van der Waals surface area (Å²) < 4.78 is 52.5. The van der Waals surface area contributed by atoms with Crippen molar-refractivity contribution in [3.05, 3.63) is 63.4 Å². The minimum absolute atomic E-state index is 0.355. The molecule has 156 valence electrons. The second-order valence-electron chi connectivity index (χ2n) is 6.61. The van der Waals surface area contributed by atoms with Gasteiger partial charge in [-0.1, -0.05) is 35.3 Å². The first-order chi connectivity index (χ1) is 13.6. The number of benzene rings is 2. The molecule has 1 heterocycles. The molecule has 0 spiro atoms. The molecule has 0 atom stereocenters. The first kappa shape index (κ1) is 21.7. The molecule has 29 heavy (non-hydrogen) atoms. The average Bonchev–Trinajstić information content (AvgIpc) is 2.66. The number of urea groups is 1. The van der Waals surface area contributed by atoms with Crippen LogP contribution in [-0.2, 0) is 12.7 Å². The minimum Gasteiger partial charge on any atom is -0.322 e. The molecule has 4 nitrogen and oxygen atoms in total. The Labute approximate surface area is 175 Å². The van der Waals surface area contributed by atoms with Crippen LogP contribution in [0.25, 0.3) is 0 Å². The molecule has 2 aromatic rings. The molecule has 1 fully saturated rings. The maximum Gasteiger partial charge on any atom is 0.419 e. The van der Waals surface area contributed by atoms with Gasteiger partial charge >= 0.3 is 12.2 Å². The van der Waals surface area contributed by atoms with Crippen molar-refractivity contribution in [1.29, 1.82) is 0 Å². The first-order valence-electron chi connectivity index (χ1n) is 8.73. The Morgan fingerprint density at radius 2 is 1.72 bits per heavy atom. The molecule has 2 amide bonds. The van der Waals surface area contributed by atoms with E-state index in [1.807, 2.05) is 6.07 Å². The van der Waals surface area contributed by atoms with Crippen LogP contribution in [0, 0.1) is 5.82 Å². The van der Waals surface area contributed by atoms with Gasteiger partial charge in [-0.2, -0.15) is 13.2 Å². The standard InChI is InChI=1S/C19H17Cl2F4N3O/c20-14-5-4-12(10-15(14)21)11-27-6-8-28(9-7-27)18(29)26-16-3-1-2-13(17(16)22)19(23,24)25/h1-5,10H,6-9,11H2,(H,26,29). The van der Waals surface area contributed by atoms with Crippen molar-refractivity contribution in [2.45, 2.75) is 12.7 Å². The van der Waals surface area contributed by atoms with E-state index >= 15 is 0 Å². The van der Waals surface area contributed by atoms with Crippen molar-refractivity contribution in [1.82, 2.24) is 9.80 Å². The Balaban J connectivity index is 1.57. The van der Waals surface area contributed by atoms with Crippen molar-refractivity contribution in [2.75, 3.05) is 31.5 Å². The van der Waals surface area contributed by atoms with Crippen LogP contribution in [0.2, 0.25) is 10.0 Å². The second kappa shape index (κ2) is 8.77. The lowest BCUT2D eigenvalue weighted by molar-refractivity contribution is -0.139. The molecular weight excluding hydrogens is 433 g/mol. The van der Waals surface area contributed by atoms with Crippen LogP contribution in [0.5, 0.6) is 0 Å². The zero-order chi connectivity index (χ0) is 21.2. The highest BCUT2D eigenvalue weighted by molar-refractivity contribution is 6.42. The smallest absolute Gasteiger partial charge is 0.322 e. The molecule has 2 aromatic carbocycles. The molecule has 3 rings (SSSR count). The summed E-state index contributed by atoms with van der Waals surface area (Å²) in [5.41, 5.74) is -0.937. The lowest BCUT2D eigenvalue weighted by Gasteiger charge is -2.34. The highest BCUT2D eigenvalue weighted by atomic mass is 35.5. The third-order valence-corrected chi connectivity index (χ3v) is 5.33. The number of hydrogen-bond acceptors (Lipinski definition) is 2. The highest BCUT2D eigenvalue weighted by Gasteiger charge is 2.35. The quantitative estimate of drug-likeness (QED) is 0.627. The molecule has 0 aliphatic carbocycles. The van der Waals surface area contributed by atoms with E-state index in [4.69, 9.17) is 23.2 Å². The zero-order valence-corrected chi connectivity index (χ0v) is 16.6. The summed E-state index contributed by atoms with van der Waals surface area (Å²) in [6.45, 7) is 2.44. The largest absolute Gasteiger partial charge is 0.419 e. The fraction of sp³-hybridized carbons (Fsp3) is 0.316. The lowest BCUT2D eigenvalue weighted by Crippen LogP contribution is -2.49. The number of piperazine rings is 1. The number of alkyl halides is 3. The molecule has 1 aliphatic rings. The summed E-state index contributed by atoms with van der Waals surface area (Å²) in [6.07, 6.45) is -4.83. The van der Waals surface area contributed by atoms with E-state index < -0.39 is 29.3 Å². The zero-order valence-electron chi connectivity index (χ0n) is 15.1. The van der Waals surface area contributed by atoms with E-state index in [1.165, 1.54) is 4.90 Å². The van der Waals surface area contributed by atoms with Crippen molar-refractivity contribution in [3.8, 4) is 0 Å². The van der Waals surface area contributed by atoms with Gasteiger partial charge in [-0.15, -0.1) is 0 Å². The van der Waals surface area contributed by atoms with Crippen molar-refractivity contribution >= 4 is 34.9 Å². The van der Waals surface area contributed by atoms with Gasteiger partial charge in [0.25, 0.3) is 0 Å². The molecule has 10 heteroatoms. The van der Waals surface area contributed by atoms with E-state index in [9.17, 15) is 22.4 Å². The van der Waals surface area contributed by atoms with Crippen LogP contribution in [0.1, 0.15) is 11.1 Å². The number of nitrogens with zero attached hydrogens (tertiary/aromatic N) is 2.